The summed E-state index contributed by atoms with van der Waals surface area (Å²) in [6.45, 7) is 4.16. The molecule has 2 heterocycles. The number of pyridine rings is 1. The summed E-state index contributed by atoms with van der Waals surface area (Å²) in [6.07, 6.45) is 2.06. The van der Waals surface area contributed by atoms with Crippen LogP contribution in [0.5, 0.6) is 5.88 Å². The first kappa shape index (κ1) is 16.9. The van der Waals surface area contributed by atoms with E-state index < -0.39 is 15.8 Å². The third-order valence-corrected chi connectivity index (χ3v) is 6.06. The van der Waals surface area contributed by atoms with Crippen molar-refractivity contribution < 1.29 is 17.5 Å². The van der Waals surface area contributed by atoms with Gasteiger partial charge >= 0.3 is 0 Å². The average molecular weight is 350 g/mol. The second-order valence-electron chi connectivity index (χ2n) is 5.98. The van der Waals surface area contributed by atoms with Crippen LogP contribution >= 0.6 is 0 Å². The van der Waals surface area contributed by atoms with Crippen LogP contribution in [0.1, 0.15) is 17.5 Å². The van der Waals surface area contributed by atoms with Crippen molar-refractivity contribution in [1.29, 1.82) is 0 Å². The highest BCUT2D eigenvalue weighted by atomic mass is 32.2. The fourth-order valence-electron chi connectivity index (χ4n) is 2.75. The zero-order valence-corrected chi connectivity index (χ0v) is 14.4. The Hall–Kier alpha value is -1.99. The summed E-state index contributed by atoms with van der Waals surface area (Å²) in [7, 11) is -3.65. The van der Waals surface area contributed by atoms with E-state index in [9.17, 15) is 12.8 Å². The summed E-state index contributed by atoms with van der Waals surface area (Å²) in [5, 5.41) is 0. The van der Waals surface area contributed by atoms with Crippen LogP contribution in [0.4, 0.5) is 4.39 Å². The second-order valence-corrected chi connectivity index (χ2v) is 7.88. The number of ether oxygens (including phenoxy) is 1. The average Bonchev–Trinajstić information content (AvgIpc) is 2.98. The molecule has 24 heavy (non-hydrogen) atoms. The van der Waals surface area contributed by atoms with Gasteiger partial charge in [0.1, 0.15) is 11.9 Å². The molecular weight excluding hydrogens is 331 g/mol. The Labute approximate surface area is 141 Å². The van der Waals surface area contributed by atoms with E-state index >= 15 is 0 Å². The minimum atomic E-state index is -3.65. The van der Waals surface area contributed by atoms with Gasteiger partial charge in [-0.2, -0.15) is 4.31 Å². The van der Waals surface area contributed by atoms with Gasteiger partial charge < -0.3 is 4.74 Å². The van der Waals surface area contributed by atoms with E-state index in [0.29, 0.717) is 24.4 Å². The molecule has 128 valence electrons. The molecule has 3 rings (SSSR count). The van der Waals surface area contributed by atoms with Gasteiger partial charge in [-0.25, -0.2) is 17.8 Å². The lowest BCUT2D eigenvalue weighted by atomic mass is 10.2. The van der Waals surface area contributed by atoms with E-state index in [1.807, 2.05) is 13.0 Å². The number of rotatable bonds is 4. The number of nitrogens with zero attached hydrogens (tertiary/aromatic N) is 2. The van der Waals surface area contributed by atoms with Crippen LogP contribution in [0.3, 0.4) is 0 Å². The number of benzene rings is 1. The number of aryl methyl sites for hydroxylation is 2. The first-order valence-electron chi connectivity index (χ1n) is 7.72. The minimum Gasteiger partial charge on any atom is -0.473 e. The molecule has 0 amide bonds. The quantitative estimate of drug-likeness (QED) is 0.851. The van der Waals surface area contributed by atoms with Gasteiger partial charge in [0.15, 0.2) is 0 Å². The fourth-order valence-corrected chi connectivity index (χ4v) is 4.44. The molecule has 0 aliphatic carbocycles. The lowest BCUT2D eigenvalue weighted by Gasteiger charge is -2.18. The molecule has 5 nitrogen and oxygen atoms in total. The largest absolute Gasteiger partial charge is 0.473 e. The van der Waals surface area contributed by atoms with Crippen molar-refractivity contribution in [3.05, 3.63) is 53.5 Å². The highest BCUT2D eigenvalue weighted by Crippen LogP contribution is 2.26. The van der Waals surface area contributed by atoms with Crippen LogP contribution in [0, 0.1) is 19.7 Å². The normalized spacial score (nSPS) is 18.7. The number of aromatic nitrogens is 1. The molecule has 0 spiro atoms. The molecule has 7 heteroatoms. The third-order valence-electron chi connectivity index (χ3n) is 4.03. The van der Waals surface area contributed by atoms with E-state index in [1.165, 1.54) is 22.5 Å². The van der Waals surface area contributed by atoms with E-state index in [0.717, 1.165) is 5.56 Å². The van der Waals surface area contributed by atoms with Gasteiger partial charge in [-0.3, -0.25) is 0 Å². The van der Waals surface area contributed by atoms with Crippen LogP contribution in [-0.4, -0.2) is 36.9 Å². The Kier molecular flexibility index (Phi) is 4.56. The Morgan fingerprint density at radius 2 is 2.04 bits per heavy atom. The molecule has 1 aromatic heterocycles. The molecular formula is C17H19FN2O3S. The molecule has 1 aliphatic heterocycles. The minimum absolute atomic E-state index is 0.137. The Morgan fingerprint density at radius 3 is 2.71 bits per heavy atom. The maximum Gasteiger partial charge on any atom is 0.243 e. The number of hydrogen-bond donors (Lipinski definition) is 0. The van der Waals surface area contributed by atoms with Gasteiger partial charge in [0, 0.05) is 18.8 Å². The van der Waals surface area contributed by atoms with E-state index in [4.69, 9.17) is 4.74 Å². The third kappa shape index (κ3) is 3.42. The van der Waals surface area contributed by atoms with Gasteiger partial charge in [0.05, 0.1) is 11.4 Å². The van der Waals surface area contributed by atoms with Gasteiger partial charge in [-0.15, -0.1) is 0 Å². The number of halogens is 1. The maximum absolute atomic E-state index is 13.2. The molecule has 1 fully saturated rings. The van der Waals surface area contributed by atoms with Crippen molar-refractivity contribution in [1.82, 2.24) is 9.29 Å². The highest BCUT2D eigenvalue weighted by molar-refractivity contribution is 7.89. The Morgan fingerprint density at radius 1 is 1.25 bits per heavy atom. The smallest absolute Gasteiger partial charge is 0.243 e. The summed E-state index contributed by atoms with van der Waals surface area (Å²) >= 11 is 0. The van der Waals surface area contributed by atoms with Crippen LogP contribution in [0.25, 0.3) is 0 Å². The molecule has 0 unspecified atom stereocenters. The molecule has 0 radical (unpaired) electrons. The molecule has 1 aromatic carbocycles. The van der Waals surface area contributed by atoms with Crippen molar-refractivity contribution in [2.24, 2.45) is 0 Å². The van der Waals surface area contributed by atoms with Crippen LogP contribution in [-0.2, 0) is 10.0 Å². The van der Waals surface area contributed by atoms with E-state index in [2.05, 4.69) is 4.98 Å². The summed E-state index contributed by atoms with van der Waals surface area (Å²) in [5.41, 5.74) is 1.43. The molecule has 1 atom stereocenters. The molecule has 0 bridgehead atoms. The molecule has 1 aliphatic rings. The van der Waals surface area contributed by atoms with Crippen LogP contribution in [0.15, 0.2) is 41.4 Å². The molecule has 0 N–H and O–H groups in total. The zero-order chi connectivity index (χ0) is 17.3. The maximum atomic E-state index is 13.2. The lowest BCUT2D eigenvalue weighted by Crippen LogP contribution is -2.31. The van der Waals surface area contributed by atoms with Crippen molar-refractivity contribution in [3.63, 3.8) is 0 Å². The standard InChI is InChI=1S/C17H19FN2O3S/c1-12-3-6-17(19-10-12)23-15-7-8-20(11-15)24(21,22)16-5-4-14(18)9-13(16)2/h3-6,9-10,15H,7-8,11H2,1-2H3/t15-/m1/s1. The van der Waals surface area contributed by atoms with Gasteiger partial charge in [0.2, 0.25) is 15.9 Å². The van der Waals surface area contributed by atoms with E-state index in [1.54, 1.807) is 19.2 Å². The summed E-state index contributed by atoms with van der Waals surface area (Å²) in [4.78, 5) is 4.32. The van der Waals surface area contributed by atoms with E-state index in [-0.39, 0.29) is 17.5 Å². The zero-order valence-electron chi connectivity index (χ0n) is 13.6. The highest BCUT2D eigenvalue weighted by Gasteiger charge is 2.34. The molecule has 0 saturated carbocycles. The van der Waals surface area contributed by atoms with Crippen molar-refractivity contribution >= 4 is 10.0 Å². The number of hydrogen-bond acceptors (Lipinski definition) is 4. The topological polar surface area (TPSA) is 59.5 Å². The summed E-state index contributed by atoms with van der Waals surface area (Å²) in [5.74, 6) is 0.0438. The first-order chi connectivity index (χ1) is 11.4. The monoisotopic (exact) mass is 350 g/mol. The van der Waals surface area contributed by atoms with Crippen LogP contribution in [0.2, 0.25) is 0 Å². The predicted octanol–water partition coefficient (Wildman–Crippen LogP) is 2.68. The summed E-state index contributed by atoms with van der Waals surface area (Å²) in [6, 6.07) is 7.38. The molecule has 2 aromatic rings. The van der Waals surface area contributed by atoms with Gasteiger partial charge in [-0.1, -0.05) is 6.07 Å². The van der Waals surface area contributed by atoms with Crippen molar-refractivity contribution in [2.75, 3.05) is 13.1 Å². The predicted molar refractivity (Wildman–Crippen MR) is 87.9 cm³/mol. The van der Waals surface area contributed by atoms with Gasteiger partial charge in [-0.05, 0) is 49.6 Å². The first-order valence-corrected chi connectivity index (χ1v) is 9.16. The fraction of sp³-hybridized carbons (Fsp3) is 0.353. The van der Waals surface area contributed by atoms with Crippen molar-refractivity contribution in [3.8, 4) is 5.88 Å². The Bertz CT molecular complexity index is 837. The van der Waals surface area contributed by atoms with Crippen molar-refractivity contribution in [2.45, 2.75) is 31.3 Å². The van der Waals surface area contributed by atoms with Crippen LogP contribution < -0.4 is 4.74 Å². The summed E-state index contributed by atoms with van der Waals surface area (Å²) < 4.78 is 45.8. The SMILES string of the molecule is Cc1ccc(O[C@@H]2CCN(S(=O)(=O)c3ccc(F)cc3C)C2)nc1. The Balaban J connectivity index is 1.73. The number of sulfonamides is 1. The molecule has 1 saturated heterocycles. The lowest BCUT2D eigenvalue weighted by molar-refractivity contribution is 0.207. The van der Waals surface area contributed by atoms with Gasteiger partial charge in [0.25, 0.3) is 0 Å². The second kappa shape index (κ2) is 6.49.